The molecule has 650 valence electrons. The molecule has 0 aliphatic rings. The second-order valence-electron chi connectivity index (χ2n) is 26.9. The lowest BCUT2D eigenvalue weighted by Gasteiger charge is -2.09. The minimum absolute atomic E-state index is 0.0298. The molecule has 129 heavy (non-hydrogen) atoms. The quantitative estimate of drug-likeness (QED) is 0.0349. The van der Waals surface area contributed by atoms with Gasteiger partial charge in [0.1, 0.15) is 86.9 Å². The lowest BCUT2D eigenvalue weighted by Crippen LogP contribution is -2.14. The molecule has 0 aliphatic heterocycles. The maximum Gasteiger partial charge on any atom is 0.433 e. The Morgan fingerprint density at radius 1 is 0.318 bits per heavy atom. The summed E-state index contributed by atoms with van der Waals surface area (Å²) in [5.41, 5.74) is 4.08. The predicted octanol–water partition coefficient (Wildman–Crippen LogP) is 21.4. The number of carbonyl (C=O) groups is 5. The molecule has 0 saturated carbocycles. The molecule has 36 heteroatoms. The van der Waals surface area contributed by atoms with E-state index in [1.165, 1.54) is 79.8 Å². The van der Waals surface area contributed by atoms with E-state index in [2.05, 4.69) is 87.3 Å². The molecule has 5 N–H and O–H groups in total. The average Bonchev–Trinajstić information content (AvgIpc) is 0.857. The molecule has 0 unspecified atom stereocenters. The van der Waals surface area contributed by atoms with E-state index in [-0.39, 0.29) is 69.7 Å². The molecule has 15 rings (SSSR count). The minimum atomic E-state index is -4.53. The first-order valence-electron chi connectivity index (χ1n) is 37.8. The van der Waals surface area contributed by atoms with Gasteiger partial charge in [0.15, 0.2) is 5.75 Å². The monoisotopic (exact) mass is 1760 g/mol. The van der Waals surface area contributed by atoms with Crippen molar-refractivity contribution >= 4 is 58.4 Å². The number of ether oxygens (including phenoxy) is 5. The zero-order chi connectivity index (χ0) is 92.0. The van der Waals surface area contributed by atoms with Crippen LogP contribution in [0.4, 0.5) is 72.7 Å². The van der Waals surface area contributed by atoms with Crippen LogP contribution in [0.1, 0.15) is 96.7 Å². The van der Waals surface area contributed by atoms with Crippen molar-refractivity contribution in [1.29, 1.82) is 0 Å². The fourth-order valence-corrected chi connectivity index (χ4v) is 10.8. The number of nitrogens with one attached hydrogen (secondary N) is 5. The van der Waals surface area contributed by atoms with Gasteiger partial charge in [-0.15, -0.1) is 6.42 Å². The number of alkyl halides is 9. The summed E-state index contributed by atoms with van der Waals surface area (Å²) in [4.78, 5) is 103. The number of carbonyl (C=O) groups excluding carboxylic acids is 5. The summed E-state index contributed by atoms with van der Waals surface area (Å²) >= 11 is 0. The number of amides is 5. The fraction of sp³-hybridized carbons (Fsp3) is 0.0753. The van der Waals surface area contributed by atoms with Gasteiger partial charge in [-0.3, -0.25) is 38.9 Å². The van der Waals surface area contributed by atoms with E-state index < -0.39 is 53.2 Å². The number of rotatable bonds is 20. The first-order chi connectivity index (χ1) is 61.8. The Labute approximate surface area is 728 Å². The summed E-state index contributed by atoms with van der Waals surface area (Å²) in [7, 11) is 0. The van der Waals surface area contributed by atoms with Gasteiger partial charge in [-0.25, -0.2) is 34.3 Å². The number of pyridine rings is 9. The topological polar surface area (TPSA) is 333 Å². The van der Waals surface area contributed by atoms with E-state index in [0.29, 0.717) is 67.9 Å². The highest BCUT2D eigenvalue weighted by molar-refractivity contribution is 6.07. The second kappa shape index (κ2) is 43.7. The van der Waals surface area contributed by atoms with Crippen LogP contribution in [0.2, 0.25) is 0 Å². The third-order valence-electron chi connectivity index (χ3n) is 16.7. The molecule has 10 heterocycles. The molecule has 0 saturated heterocycles. The number of aromatic nitrogens is 11. The number of anilines is 5. The first-order valence-corrected chi connectivity index (χ1v) is 37.8. The highest BCUT2D eigenvalue weighted by Crippen LogP contribution is 2.34. The molecule has 0 radical (unpaired) electrons. The van der Waals surface area contributed by atoms with Crippen molar-refractivity contribution in [2.45, 2.75) is 46.2 Å². The number of terminal acetylenes is 1. The largest absolute Gasteiger partial charge is 0.456 e. The second-order valence-corrected chi connectivity index (χ2v) is 26.9. The maximum atomic E-state index is 13.8. The van der Waals surface area contributed by atoms with Gasteiger partial charge in [0.05, 0.1) is 78.9 Å². The van der Waals surface area contributed by atoms with Crippen LogP contribution in [0.5, 0.6) is 57.8 Å². The van der Waals surface area contributed by atoms with E-state index in [4.69, 9.17) is 30.1 Å². The molecule has 0 bridgehead atoms. The molecule has 15 aromatic rings. The van der Waals surface area contributed by atoms with Crippen molar-refractivity contribution in [1.82, 2.24) is 54.8 Å². The van der Waals surface area contributed by atoms with Gasteiger partial charge >= 0.3 is 18.5 Å². The zero-order valence-electron chi connectivity index (χ0n) is 67.7. The van der Waals surface area contributed by atoms with E-state index in [1.54, 1.807) is 153 Å². The number of hydrogen-bond donors (Lipinski definition) is 5. The van der Waals surface area contributed by atoms with E-state index in [0.717, 1.165) is 71.2 Å². The van der Waals surface area contributed by atoms with Gasteiger partial charge in [0, 0.05) is 70.5 Å². The third-order valence-corrected chi connectivity index (χ3v) is 16.7. The Morgan fingerprint density at radius 2 is 0.721 bits per heavy atom. The van der Waals surface area contributed by atoms with Gasteiger partial charge in [-0.2, -0.15) is 49.5 Å². The maximum absolute atomic E-state index is 13.8. The van der Waals surface area contributed by atoms with Gasteiger partial charge in [0.2, 0.25) is 11.8 Å². The van der Waals surface area contributed by atoms with Crippen LogP contribution >= 0.6 is 0 Å². The Hall–Kier alpha value is -17.3. The van der Waals surface area contributed by atoms with Gasteiger partial charge in [0.25, 0.3) is 29.5 Å². The lowest BCUT2D eigenvalue weighted by atomic mass is 10.1. The van der Waals surface area contributed by atoms with Crippen LogP contribution in [0.25, 0.3) is 0 Å². The van der Waals surface area contributed by atoms with Crippen molar-refractivity contribution < 1.29 is 91.6 Å². The Bertz CT molecular complexity index is 6290. The van der Waals surface area contributed by atoms with Crippen LogP contribution < -0.4 is 50.3 Å². The first kappa shape index (κ1) is 92.5. The van der Waals surface area contributed by atoms with Crippen LogP contribution in [0, 0.1) is 45.9 Å². The van der Waals surface area contributed by atoms with Crippen LogP contribution in [0.3, 0.4) is 0 Å². The van der Waals surface area contributed by atoms with E-state index in [1.807, 2.05) is 51.1 Å². The Kier molecular flexibility index (Phi) is 31.3. The van der Waals surface area contributed by atoms with Gasteiger partial charge < -0.3 is 50.3 Å². The molecule has 5 amide bonds. The van der Waals surface area contributed by atoms with Crippen LogP contribution in [0.15, 0.2) is 305 Å². The standard InChI is InChI=1S/C20H12F3N3O2.2C19H14F3N3O2.C18H15N3O2.C17H13FN4O2/c1-2-13-5-3-6-14(11-13)19(27)26-17-7-4-8-18(25-17)28-15-9-10-16(24-12-15)20(21,22)23;1-12-4-2-5-13(10-12)18(26)25-16-6-3-7-17(24-16)27-14-8-9-15(23-11-14)19(20,21)22;1-12-3-2-4-13(9-12)18(26)25-17-10-14(7-8-23-17)27-15-5-6-16(24-11-15)19(20,21)22;1-13-4-2-5-14(8-13)18(22)21-15-9-17(12-20-10-15)23-16-6-3-7-19-11-16;1-11-2-3-16(18)15(4-11)17(23)22-12-5-13(7-19-6-12)24-14-8-20-10-21-9-14/h1,3-12H,(H,25,26,27);2-11H,1H3,(H,24,25,26);2-11H,1H3,(H,23,25,26);2-12H,1H3,(H,21,22);2-10H,1H3,(H,22,23). The molecule has 0 spiro atoms. The molecule has 5 aromatic carbocycles. The molecule has 0 fully saturated rings. The van der Waals surface area contributed by atoms with Crippen molar-refractivity contribution in [2.75, 3.05) is 26.6 Å². The van der Waals surface area contributed by atoms with Crippen molar-refractivity contribution in [3.8, 4) is 70.1 Å². The smallest absolute Gasteiger partial charge is 0.433 e. The molecular weight excluding hydrogens is 1690 g/mol. The molecule has 10 aromatic heterocycles. The molecule has 26 nitrogen and oxygen atoms in total. The van der Waals surface area contributed by atoms with Crippen molar-refractivity contribution in [2.24, 2.45) is 0 Å². The number of halogens is 10. The summed E-state index contributed by atoms with van der Waals surface area (Å²) in [5.74, 6) is 3.49. The molecule has 0 aliphatic carbocycles. The summed E-state index contributed by atoms with van der Waals surface area (Å²) in [6.07, 6.45) is 9.81. The van der Waals surface area contributed by atoms with Crippen LogP contribution in [-0.2, 0) is 18.5 Å². The highest BCUT2D eigenvalue weighted by Gasteiger charge is 2.34. The van der Waals surface area contributed by atoms with Gasteiger partial charge in [-0.05, 0) is 161 Å². The third kappa shape index (κ3) is 29.2. The SMILES string of the molecule is C#Cc1cccc(C(=O)Nc2cccc(Oc3ccc(C(F)(F)F)nc3)n2)c1.Cc1ccc(F)c(C(=O)Nc2cncc(Oc3cncnc3)c2)c1.Cc1cccc(C(=O)Nc2cc(Oc3ccc(C(F)(F)F)nc3)ccn2)c1.Cc1cccc(C(=O)Nc2cccc(Oc3ccc(C(F)(F)F)nc3)n2)c1.Cc1cccc(C(=O)Nc2cncc(Oc3cccnc3)c2)c1. The summed E-state index contributed by atoms with van der Waals surface area (Å²) < 4.78 is 154. The van der Waals surface area contributed by atoms with E-state index in [9.17, 15) is 67.9 Å². The number of hydrogen-bond acceptors (Lipinski definition) is 21. The summed E-state index contributed by atoms with van der Waals surface area (Å²) in [5, 5.41) is 13.3. The normalized spacial score (nSPS) is 10.7. The van der Waals surface area contributed by atoms with E-state index >= 15 is 0 Å². The van der Waals surface area contributed by atoms with Crippen molar-refractivity contribution in [3.63, 3.8) is 0 Å². The zero-order valence-corrected chi connectivity index (χ0v) is 67.7. The summed E-state index contributed by atoms with van der Waals surface area (Å²) in [6, 6.07) is 57.5. The predicted molar refractivity (Wildman–Crippen MR) is 454 cm³/mol. The Morgan fingerprint density at radius 3 is 1.17 bits per heavy atom. The Balaban J connectivity index is 0.000000156. The van der Waals surface area contributed by atoms with Gasteiger partial charge in [-0.1, -0.05) is 88.8 Å². The minimum Gasteiger partial charge on any atom is -0.456 e. The highest BCUT2D eigenvalue weighted by atomic mass is 19.4. The fourth-order valence-electron chi connectivity index (χ4n) is 10.8. The average molecular weight is 1760 g/mol. The van der Waals surface area contributed by atoms with Crippen LogP contribution in [-0.4, -0.2) is 84.4 Å². The lowest BCUT2D eigenvalue weighted by molar-refractivity contribution is -0.142. The number of benzene rings is 5. The number of nitrogens with zero attached hydrogens (tertiary/aromatic N) is 11. The number of aryl methyl sites for hydroxylation is 4. The molecule has 0 atom stereocenters. The molecular formula is C93H68F10N16O10. The van der Waals surface area contributed by atoms with Crippen molar-refractivity contribution in [3.05, 3.63) is 384 Å². The summed E-state index contributed by atoms with van der Waals surface area (Å²) in [6.45, 7) is 7.48.